The van der Waals surface area contributed by atoms with Crippen molar-refractivity contribution in [1.82, 2.24) is 0 Å². The number of allylic oxidation sites excluding steroid dienone is 5. The number of aliphatic imine (C=N–C) groups is 1. The highest BCUT2D eigenvalue weighted by Gasteiger charge is 2.38. The van der Waals surface area contributed by atoms with Gasteiger partial charge in [0.15, 0.2) is 0 Å². The third kappa shape index (κ3) is 3.80. The van der Waals surface area contributed by atoms with E-state index in [2.05, 4.69) is 74.9 Å². The van der Waals surface area contributed by atoms with Crippen LogP contribution in [0.3, 0.4) is 0 Å². The van der Waals surface area contributed by atoms with Gasteiger partial charge in [-0.15, -0.1) is 0 Å². The summed E-state index contributed by atoms with van der Waals surface area (Å²) in [4.78, 5) is 6.88. The minimum Gasteiger partial charge on any atom is -0.363 e. The standard InChI is InChI=1S/C26H32N2O3S/c1-7-27-20-10-9-17-11-18-12-21-19(16-32(29,30)31)15-25(3,4)28(8-2)24(21)14-23(18)26(5,6)22(17)13-20/h9-15H,7-8,16H2,1-6H3,(H,29,30,31). The van der Waals surface area contributed by atoms with Crippen molar-refractivity contribution >= 4 is 33.2 Å². The summed E-state index contributed by atoms with van der Waals surface area (Å²) in [6, 6.07) is 4.31. The van der Waals surface area contributed by atoms with E-state index in [1.807, 2.05) is 19.1 Å². The zero-order valence-electron chi connectivity index (χ0n) is 19.7. The minimum atomic E-state index is -4.15. The molecule has 0 fully saturated rings. The number of likely N-dealkylation sites (N-methyl/N-ethyl adjacent to an activating group) is 1. The number of fused-ring (bicyclic) bond motifs is 3. The Morgan fingerprint density at radius 3 is 2.41 bits per heavy atom. The molecule has 1 N–H and O–H groups in total. The summed E-state index contributed by atoms with van der Waals surface area (Å²) in [6.07, 6.45) is 10.5. The SMILES string of the molecule is CCN=C1C=CC2=Cc3cc4c(cc3C(C)(C)C2=C1)N(CC)C(C)(C)C=C4CS(=O)(=O)O. The smallest absolute Gasteiger partial charge is 0.269 e. The van der Waals surface area contributed by atoms with Gasteiger partial charge in [-0.05, 0) is 85.9 Å². The van der Waals surface area contributed by atoms with Crippen LogP contribution in [-0.4, -0.2) is 43.1 Å². The van der Waals surface area contributed by atoms with E-state index in [1.165, 1.54) is 11.1 Å². The molecule has 0 aromatic heterocycles. The maximum Gasteiger partial charge on any atom is 0.269 e. The molecule has 0 bridgehead atoms. The molecule has 5 nitrogen and oxygen atoms in total. The molecule has 0 saturated carbocycles. The molecule has 0 radical (unpaired) electrons. The molecule has 170 valence electrons. The van der Waals surface area contributed by atoms with Crippen LogP contribution < -0.4 is 4.90 Å². The van der Waals surface area contributed by atoms with Gasteiger partial charge in [0.1, 0.15) is 5.75 Å². The van der Waals surface area contributed by atoms with Crippen molar-refractivity contribution in [1.29, 1.82) is 0 Å². The fraction of sp³-hybridized carbons (Fsp3) is 0.423. The van der Waals surface area contributed by atoms with Crippen LogP contribution in [0, 0.1) is 0 Å². The second-order valence-corrected chi connectivity index (χ2v) is 11.2. The predicted molar refractivity (Wildman–Crippen MR) is 134 cm³/mol. The lowest BCUT2D eigenvalue weighted by Gasteiger charge is -2.45. The molecule has 0 atom stereocenters. The lowest BCUT2D eigenvalue weighted by molar-refractivity contribution is 0.487. The molecule has 1 aliphatic heterocycles. The first-order valence-electron chi connectivity index (χ1n) is 11.2. The van der Waals surface area contributed by atoms with Crippen molar-refractivity contribution in [3.05, 3.63) is 64.3 Å². The summed E-state index contributed by atoms with van der Waals surface area (Å²) in [7, 11) is -4.15. The number of nitrogens with zero attached hydrogens (tertiary/aromatic N) is 2. The average Bonchev–Trinajstić information content (AvgIpc) is 2.67. The summed E-state index contributed by atoms with van der Waals surface area (Å²) >= 11 is 0. The highest BCUT2D eigenvalue weighted by molar-refractivity contribution is 7.86. The number of benzene rings is 1. The van der Waals surface area contributed by atoms with Crippen LogP contribution in [0.15, 0.2) is 52.6 Å². The normalized spacial score (nSPS) is 21.9. The summed E-state index contributed by atoms with van der Waals surface area (Å²) in [6.45, 7) is 14.3. The molecule has 1 aromatic rings. The molecule has 0 unspecified atom stereocenters. The molecular weight excluding hydrogens is 420 g/mol. The van der Waals surface area contributed by atoms with E-state index in [9.17, 15) is 13.0 Å². The quantitative estimate of drug-likeness (QED) is 0.637. The average molecular weight is 453 g/mol. The zero-order chi connectivity index (χ0) is 23.5. The van der Waals surface area contributed by atoms with Crippen molar-refractivity contribution in [2.24, 2.45) is 4.99 Å². The van der Waals surface area contributed by atoms with Gasteiger partial charge < -0.3 is 4.90 Å². The highest BCUT2D eigenvalue weighted by atomic mass is 32.2. The Morgan fingerprint density at radius 1 is 1.06 bits per heavy atom. The first-order chi connectivity index (χ1) is 14.9. The zero-order valence-corrected chi connectivity index (χ0v) is 20.5. The number of hydrogen-bond acceptors (Lipinski definition) is 4. The maximum atomic E-state index is 11.8. The summed E-state index contributed by atoms with van der Waals surface area (Å²) in [5.41, 5.74) is 7.60. The third-order valence-electron chi connectivity index (χ3n) is 6.72. The van der Waals surface area contributed by atoms with Gasteiger partial charge in [0.05, 0.1) is 11.3 Å². The minimum absolute atomic E-state index is 0.234. The Balaban J connectivity index is 1.96. The van der Waals surface area contributed by atoms with Crippen molar-refractivity contribution < 1.29 is 13.0 Å². The van der Waals surface area contributed by atoms with Gasteiger partial charge in [0.2, 0.25) is 0 Å². The number of hydrogen-bond donors (Lipinski definition) is 1. The third-order valence-corrected chi connectivity index (χ3v) is 7.39. The molecule has 1 heterocycles. The van der Waals surface area contributed by atoms with Gasteiger partial charge >= 0.3 is 0 Å². The van der Waals surface area contributed by atoms with Gasteiger partial charge in [-0.1, -0.05) is 26.0 Å². The van der Waals surface area contributed by atoms with Crippen LogP contribution in [-0.2, 0) is 15.5 Å². The van der Waals surface area contributed by atoms with Crippen molar-refractivity contribution in [3.8, 4) is 0 Å². The van der Waals surface area contributed by atoms with Crippen LogP contribution >= 0.6 is 0 Å². The molecule has 1 aromatic carbocycles. The topological polar surface area (TPSA) is 70.0 Å². The first kappa shape index (κ1) is 22.7. The molecule has 0 spiro atoms. The van der Waals surface area contributed by atoms with Crippen LogP contribution in [0.1, 0.15) is 58.2 Å². The van der Waals surface area contributed by atoms with Gasteiger partial charge in [0, 0.05) is 29.8 Å². The van der Waals surface area contributed by atoms with Crippen LogP contribution in [0.2, 0.25) is 0 Å². The Labute approximate surface area is 191 Å². The van der Waals surface area contributed by atoms with Gasteiger partial charge in [-0.2, -0.15) is 8.42 Å². The molecule has 3 aliphatic rings. The second-order valence-electron chi connectivity index (χ2n) is 9.77. The lowest BCUT2D eigenvalue weighted by Crippen LogP contribution is -2.45. The molecule has 0 amide bonds. The Hall–Kier alpha value is -2.44. The maximum absolute atomic E-state index is 11.8. The molecular formula is C26H32N2O3S. The van der Waals surface area contributed by atoms with Crippen LogP contribution in [0.25, 0.3) is 11.6 Å². The molecule has 4 rings (SSSR count). The van der Waals surface area contributed by atoms with Crippen LogP contribution in [0.4, 0.5) is 5.69 Å². The van der Waals surface area contributed by atoms with E-state index < -0.39 is 10.1 Å². The second kappa shape index (κ2) is 7.56. The summed E-state index contributed by atoms with van der Waals surface area (Å²) in [5.74, 6) is -0.387. The molecule has 32 heavy (non-hydrogen) atoms. The lowest BCUT2D eigenvalue weighted by atomic mass is 9.67. The highest BCUT2D eigenvalue weighted by Crippen LogP contribution is 2.49. The Bertz CT molecular complexity index is 1240. The van der Waals surface area contributed by atoms with Gasteiger partial charge in [-0.25, -0.2) is 0 Å². The van der Waals surface area contributed by atoms with Crippen molar-refractivity contribution in [2.45, 2.75) is 52.5 Å². The molecule has 0 saturated heterocycles. The Kier molecular flexibility index (Phi) is 5.37. The van der Waals surface area contributed by atoms with Gasteiger partial charge in [0.25, 0.3) is 10.1 Å². The van der Waals surface area contributed by atoms with E-state index in [0.717, 1.165) is 41.2 Å². The first-order valence-corrected chi connectivity index (χ1v) is 12.8. The van der Waals surface area contributed by atoms with Crippen molar-refractivity contribution in [2.75, 3.05) is 23.7 Å². The largest absolute Gasteiger partial charge is 0.363 e. The van der Waals surface area contributed by atoms with E-state index in [-0.39, 0.29) is 16.7 Å². The van der Waals surface area contributed by atoms with Crippen molar-refractivity contribution in [3.63, 3.8) is 0 Å². The van der Waals surface area contributed by atoms with E-state index in [0.29, 0.717) is 5.57 Å². The monoisotopic (exact) mass is 452 g/mol. The Morgan fingerprint density at radius 2 is 1.78 bits per heavy atom. The number of rotatable bonds is 4. The molecule has 2 aliphatic carbocycles. The van der Waals surface area contributed by atoms with Crippen LogP contribution in [0.5, 0.6) is 0 Å². The predicted octanol–water partition coefficient (Wildman–Crippen LogP) is 5.21. The number of anilines is 1. The molecule has 6 heteroatoms. The van der Waals surface area contributed by atoms with E-state index in [4.69, 9.17) is 0 Å². The summed E-state index contributed by atoms with van der Waals surface area (Å²) in [5, 5.41) is 0. The summed E-state index contributed by atoms with van der Waals surface area (Å²) < 4.78 is 33.2. The van der Waals surface area contributed by atoms with E-state index in [1.54, 1.807) is 0 Å². The van der Waals surface area contributed by atoms with E-state index >= 15 is 0 Å². The fourth-order valence-corrected chi connectivity index (χ4v) is 5.97. The van der Waals surface area contributed by atoms with Gasteiger partial charge in [-0.3, -0.25) is 9.55 Å². The fourth-order valence-electron chi connectivity index (χ4n) is 5.34.